The first kappa shape index (κ1) is 12.5. The molecule has 0 saturated carbocycles. The Balaban J connectivity index is 2.37. The van der Waals surface area contributed by atoms with E-state index in [0.717, 1.165) is 11.3 Å². The number of benzene rings is 2. The lowest BCUT2D eigenvalue weighted by Crippen LogP contribution is -1.91. The summed E-state index contributed by atoms with van der Waals surface area (Å²) in [5.74, 6) is 1.27. The summed E-state index contributed by atoms with van der Waals surface area (Å²) in [4.78, 5) is 0. The van der Waals surface area contributed by atoms with Crippen LogP contribution in [-0.4, -0.2) is 0 Å². The van der Waals surface area contributed by atoms with E-state index in [0.29, 0.717) is 16.3 Å². The normalized spacial score (nSPS) is 9.89. The number of ether oxygens (including phenoxy) is 1. The maximum atomic E-state index is 9.05. The molecule has 0 radical (unpaired) electrons. The second-order valence-corrected chi connectivity index (χ2v) is 4.56. The first-order chi connectivity index (χ1) is 8.60. The van der Waals surface area contributed by atoms with Gasteiger partial charge in [-0.3, -0.25) is 0 Å². The third-order valence-corrected chi connectivity index (χ3v) is 2.85. The van der Waals surface area contributed by atoms with Gasteiger partial charge in [0, 0.05) is 5.02 Å². The molecule has 0 bridgehead atoms. The lowest BCUT2D eigenvalue weighted by Gasteiger charge is -2.10. The Bertz CT molecular complexity index is 629. The van der Waals surface area contributed by atoms with Crippen molar-refractivity contribution in [3.05, 3.63) is 58.1 Å². The predicted octanol–water partition coefficient (Wildman–Crippen LogP) is 4.62. The molecule has 0 unspecified atom stereocenters. The summed E-state index contributed by atoms with van der Waals surface area (Å²) in [7, 11) is 0. The van der Waals surface area contributed by atoms with Gasteiger partial charge in [-0.2, -0.15) is 5.26 Å². The molecule has 0 spiro atoms. The molecular weight excluding hydrogens is 246 g/mol. The van der Waals surface area contributed by atoms with Gasteiger partial charge in [0.2, 0.25) is 0 Å². The van der Waals surface area contributed by atoms with Gasteiger partial charge < -0.3 is 4.74 Å². The Morgan fingerprint density at radius 2 is 1.78 bits per heavy atom. The number of halogens is 1. The molecule has 0 aliphatic heterocycles. The van der Waals surface area contributed by atoms with Gasteiger partial charge in [-0.1, -0.05) is 29.3 Å². The van der Waals surface area contributed by atoms with Gasteiger partial charge in [0.05, 0.1) is 5.56 Å². The average molecular weight is 258 g/mol. The number of hydrogen-bond donors (Lipinski definition) is 0. The van der Waals surface area contributed by atoms with Crippen molar-refractivity contribution < 1.29 is 4.74 Å². The number of hydrogen-bond acceptors (Lipinski definition) is 2. The molecule has 2 aromatic carbocycles. The highest BCUT2D eigenvalue weighted by Crippen LogP contribution is 2.29. The van der Waals surface area contributed by atoms with Crippen molar-refractivity contribution in [2.24, 2.45) is 0 Å². The largest absolute Gasteiger partial charge is 0.456 e. The van der Waals surface area contributed by atoms with Crippen LogP contribution in [-0.2, 0) is 0 Å². The first-order valence-electron chi connectivity index (χ1n) is 5.55. The molecule has 0 aliphatic carbocycles. The molecule has 0 N–H and O–H groups in total. The molecule has 2 nitrogen and oxygen atoms in total. The SMILES string of the molecule is Cc1ccc(Oc2ccc(Cl)cc2C#N)c(C)c1. The predicted molar refractivity (Wildman–Crippen MR) is 72.2 cm³/mol. The average Bonchev–Trinajstić information content (AvgIpc) is 2.34. The Morgan fingerprint density at radius 1 is 1.06 bits per heavy atom. The van der Waals surface area contributed by atoms with Gasteiger partial charge in [-0.15, -0.1) is 0 Å². The van der Waals surface area contributed by atoms with Crippen molar-refractivity contribution in [2.75, 3.05) is 0 Å². The highest BCUT2D eigenvalue weighted by atomic mass is 35.5. The summed E-state index contributed by atoms with van der Waals surface area (Å²) < 4.78 is 5.76. The maximum absolute atomic E-state index is 9.05. The number of nitriles is 1. The van der Waals surface area contributed by atoms with Crippen LogP contribution in [0, 0.1) is 25.2 Å². The fourth-order valence-corrected chi connectivity index (χ4v) is 1.88. The molecule has 3 heteroatoms. The Hall–Kier alpha value is -1.98. The van der Waals surface area contributed by atoms with Gasteiger partial charge in [0.15, 0.2) is 0 Å². The van der Waals surface area contributed by atoms with E-state index in [1.54, 1.807) is 18.2 Å². The summed E-state index contributed by atoms with van der Waals surface area (Å²) in [6.07, 6.45) is 0. The second-order valence-electron chi connectivity index (χ2n) is 4.12. The van der Waals surface area contributed by atoms with Gasteiger partial charge in [-0.25, -0.2) is 0 Å². The smallest absolute Gasteiger partial charge is 0.145 e. The molecule has 0 heterocycles. The van der Waals surface area contributed by atoms with Crippen LogP contribution < -0.4 is 4.74 Å². The summed E-state index contributed by atoms with van der Waals surface area (Å²) >= 11 is 5.84. The molecule has 2 aromatic rings. The summed E-state index contributed by atoms with van der Waals surface area (Å²) in [5.41, 5.74) is 2.65. The highest BCUT2D eigenvalue weighted by Gasteiger charge is 2.07. The third-order valence-electron chi connectivity index (χ3n) is 2.61. The van der Waals surface area contributed by atoms with E-state index >= 15 is 0 Å². The molecule has 18 heavy (non-hydrogen) atoms. The van der Waals surface area contributed by atoms with E-state index < -0.39 is 0 Å². The molecule has 0 amide bonds. The Kier molecular flexibility index (Phi) is 3.55. The number of nitrogens with zero attached hydrogens (tertiary/aromatic N) is 1. The van der Waals surface area contributed by atoms with Gasteiger partial charge in [0.1, 0.15) is 17.6 Å². The summed E-state index contributed by atoms with van der Waals surface area (Å²) in [6, 6.07) is 13.0. The van der Waals surface area contributed by atoms with Crippen molar-refractivity contribution >= 4 is 11.6 Å². The molecule has 90 valence electrons. The fraction of sp³-hybridized carbons (Fsp3) is 0.133. The van der Waals surface area contributed by atoms with E-state index in [1.807, 2.05) is 32.0 Å². The topological polar surface area (TPSA) is 33.0 Å². The van der Waals surface area contributed by atoms with Gasteiger partial charge >= 0.3 is 0 Å². The van der Waals surface area contributed by atoms with E-state index in [9.17, 15) is 0 Å². The van der Waals surface area contributed by atoms with Crippen LogP contribution in [0.4, 0.5) is 0 Å². The zero-order valence-corrected chi connectivity index (χ0v) is 11.0. The Labute approximate surface area is 111 Å². The quantitative estimate of drug-likeness (QED) is 0.786. The van der Waals surface area contributed by atoms with E-state index in [1.165, 1.54) is 5.56 Å². The van der Waals surface area contributed by atoms with Gasteiger partial charge in [-0.05, 0) is 43.7 Å². The monoisotopic (exact) mass is 257 g/mol. The highest BCUT2D eigenvalue weighted by molar-refractivity contribution is 6.30. The second kappa shape index (κ2) is 5.12. The molecular formula is C15H12ClNO. The lowest BCUT2D eigenvalue weighted by molar-refractivity contribution is 0.477. The van der Waals surface area contributed by atoms with Crippen molar-refractivity contribution in [1.29, 1.82) is 5.26 Å². The maximum Gasteiger partial charge on any atom is 0.145 e. The van der Waals surface area contributed by atoms with E-state index in [-0.39, 0.29) is 0 Å². The van der Waals surface area contributed by atoms with Crippen molar-refractivity contribution in [3.63, 3.8) is 0 Å². The summed E-state index contributed by atoms with van der Waals surface area (Å²) in [6.45, 7) is 4.00. The van der Waals surface area contributed by atoms with Crippen LogP contribution in [0.25, 0.3) is 0 Å². The minimum atomic E-state index is 0.433. The van der Waals surface area contributed by atoms with Crippen LogP contribution in [0.15, 0.2) is 36.4 Å². The van der Waals surface area contributed by atoms with Crippen molar-refractivity contribution in [2.45, 2.75) is 13.8 Å². The van der Waals surface area contributed by atoms with Crippen LogP contribution in [0.5, 0.6) is 11.5 Å². The lowest BCUT2D eigenvalue weighted by atomic mass is 10.1. The Morgan fingerprint density at radius 3 is 2.44 bits per heavy atom. The van der Waals surface area contributed by atoms with E-state index in [2.05, 4.69) is 6.07 Å². The molecule has 2 rings (SSSR count). The first-order valence-corrected chi connectivity index (χ1v) is 5.92. The van der Waals surface area contributed by atoms with Crippen molar-refractivity contribution in [3.8, 4) is 17.6 Å². The number of rotatable bonds is 2. The van der Waals surface area contributed by atoms with Crippen LogP contribution in [0.3, 0.4) is 0 Å². The zero-order valence-electron chi connectivity index (χ0n) is 10.2. The zero-order chi connectivity index (χ0) is 13.1. The van der Waals surface area contributed by atoms with Crippen LogP contribution in [0.1, 0.15) is 16.7 Å². The molecule has 0 aromatic heterocycles. The minimum Gasteiger partial charge on any atom is -0.456 e. The van der Waals surface area contributed by atoms with Crippen LogP contribution in [0.2, 0.25) is 5.02 Å². The molecule has 0 saturated heterocycles. The van der Waals surface area contributed by atoms with Crippen molar-refractivity contribution in [1.82, 2.24) is 0 Å². The number of aryl methyl sites for hydroxylation is 2. The fourth-order valence-electron chi connectivity index (χ4n) is 1.71. The molecule has 0 fully saturated rings. The van der Waals surface area contributed by atoms with E-state index in [4.69, 9.17) is 21.6 Å². The molecule has 0 aliphatic rings. The molecule has 0 atom stereocenters. The summed E-state index contributed by atoms with van der Waals surface area (Å²) in [5, 5.41) is 9.57. The van der Waals surface area contributed by atoms with Crippen LogP contribution >= 0.6 is 11.6 Å². The third kappa shape index (κ3) is 2.64. The van der Waals surface area contributed by atoms with Gasteiger partial charge in [0.25, 0.3) is 0 Å². The minimum absolute atomic E-state index is 0.433. The standard InChI is InChI=1S/C15H12ClNO/c1-10-3-5-14(11(2)7-10)18-15-6-4-13(16)8-12(15)9-17/h3-8H,1-2H3.